The van der Waals surface area contributed by atoms with Crippen molar-refractivity contribution in [3.63, 3.8) is 0 Å². The van der Waals surface area contributed by atoms with Crippen molar-refractivity contribution in [1.82, 2.24) is 0 Å². The molecule has 0 rings (SSSR count). The molecule has 1 heteroatoms. The first-order valence-corrected chi connectivity index (χ1v) is 5.57. The lowest BCUT2D eigenvalue weighted by Gasteiger charge is -2.13. The highest BCUT2D eigenvalue weighted by Crippen LogP contribution is 2.18. The van der Waals surface area contributed by atoms with Crippen LogP contribution in [0.5, 0.6) is 0 Å². The average Bonchev–Trinajstić information content (AvgIpc) is 2.17. The molecule has 0 aliphatic heterocycles. The van der Waals surface area contributed by atoms with E-state index in [9.17, 15) is 0 Å². The largest absolute Gasteiger partial charge is 0.502 e. The molecule has 0 saturated carbocycles. The van der Waals surface area contributed by atoms with Crippen LogP contribution in [0.1, 0.15) is 52.4 Å². The van der Waals surface area contributed by atoms with E-state index >= 15 is 0 Å². The second-order valence-corrected chi connectivity index (χ2v) is 3.60. The minimum atomic E-state index is 0.839. The maximum atomic E-state index is 5.10. The van der Waals surface area contributed by atoms with Gasteiger partial charge in [-0.05, 0) is 18.8 Å². The maximum absolute atomic E-state index is 5.10. The van der Waals surface area contributed by atoms with E-state index in [0.29, 0.717) is 0 Å². The molecule has 1 nitrogen and oxygen atoms in total. The molecule has 0 spiro atoms. The van der Waals surface area contributed by atoms with Crippen molar-refractivity contribution in [3.05, 3.63) is 12.8 Å². The minimum absolute atomic E-state index is 0.839. The zero-order valence-electron chi connectivity index (χ0n) is 9.22. The Morgan fingerprint density at radius 1 is 1.23 bits per heavy atom. The van der Waals surface area contributed by atoms with E-state index in [4.69, 9.17) is 4.74 Å². The van der Waals surface area contributed by atoms with Crippen molar-refractivity contribution in [3.8, 4) is 0 Å². The third-order valence-corrected chi connectivity index (χ3v) is 2.54. The summed E-state index contributed by atoms with van der Waals surface area (Å²) in [5.74, 6) is 0.911. The van der Waals surface area contributed by atoms with Crippen molar-refractivity contribution in [1.29, 1.82) is 0 Å². The predicted octanol–water partition coefficient (Wildman–Crippen LogP) is 4.14. The maximum Gasteiger partial charge on any atom is 0.0873 e. The number of hydrogen-bond acceptors (Lipinski definition) is 1. The second-order valence-electron chi connectivity index (χ2n) is 3.60. The number of rotatable bonds is 9. The summed E-state index contributed by atoms with van der Waals surface area (Å²) in [6, 6.07) is 0. The van der Waals surface area contributed by atoms with Gasteiger partial charge in [0.05, 0.1) is 12.9 Å². The number of hydrogen-bond donors (Lipinski definition) is 0. The molecule has 0 fully saturated rings. The highest BCUT2D eigenvalue weighted by molar-refractivity contribution is 4.58. The van der Waals surface area contributed by atoms with Gasteiger partial charge in [-0.2, -0.15) is 0 Å². The summed E-state index contributed by atoms with van der Waals surface area (Å²) in [4.78, 5) is 0. The zero-order valence-corrected chi connectivity index (χ0v) is 9.22. The van der Waals surface area contributed by atoms with Gasteiger partial charge in [0.25, 0.3) is 0 Å². The molecule has 0 aliphatic carbocycles. The molecule has 1 atom stereocenters. The molecule has 0 heterocycles. The summed E-state index contributed by atoms with van der Waals surface area (Å²) in [6.07, 6.45) is 9.42. The highest BCUT2D eigenvalue weighted by Gasteiger charge is 2.04. The van der Waals surface area contributed by atoms with E-state index in [1.54, 1.807) is 0 Å². The summed E-state index contributed by atoms with van der Waals surface area (Å²) in [5.41, 5.74) is 0. The van der Waals surface area contributed by atoms with E-state index < -0.39 is 0 Å². The smallest absolute Gasteiger partial charge is 0.0873 e. The summed E-state index contributed by atoms with van der Waals surface area (Å²) < 4.78 is 5.10. The highest BCUT2D eigenvalue weighted by atomic mass is 16.5. The van der Waals surface area contributed by atoms with Crippen LogP contribution in [0.25, 0.3) is 0 Å². The monoisotopic (exact) mass is 184 g/mol. The Bertz CT molecular complexity index is 110. The van der Waals surface area contributed by atoms with Gasteiger partial charge in [-0.25, -0.2) is 0 Å². The Morgan fingerprint density at radius 3 is 2.46 bits per heavy atom. The van der Waals surface area contributed by atoms with Gasteiger partial charge in [-0.15, -0.1) is 0 Å². The lowest BCUT2D eigenvalue weighted by Crippen LogP contribution is -2.00. The average molecular weight is 184 g/mol. The Balaban J connectivity index is 3.30. The molecule has 0 radical (unpaired) electrons. The third-order valence-electron chi connectivity index (χ3n) is 2.54. The first-order valence-electron chi connectivity index (χ1n) is 5.57. The van der Waals surface area contributed by atoms with E-state index in [1.165, 1.54) is 44.8 Å². The van der Waals surface area contributed by atoms with Crippen LogP contribution in [0.15, 0.2) is 12.8 Å². The Kier molecular flexibility index (Phi) is 9.29. The SMILES string of the molecule is C=COCCCC(CC)CCCC. The van der Waals surface area contributed by atoms with Gasteiger partial charge in [0.1, 0.15) is 0 Å². The van der Waals surface area contributed by atoms with Crippen LogP contribution in [0, 0.1) is 5.92 Å². The van der Waals surface area contributed by atoms with Gasteiger partial charge < -0.3 is 4.74 Å². The predicted molar refractivity (Wildman–Crippen MR) is 58.7 cm³/mol. The quantitative estimate of drug-likeness (QED) is 0.386. The van der Waals surface area contributed by atoms with E-state index in [0.717, 1.165) is 12.5 Å². The summed E-state index contributed by atoms with van der Waals surface area (Å²) >= 11 is 0. The molecule has 0 amide bonds. The third kappa shape index (κ3) is 7.89. The van der Waals surface area contributed by atoms with E-state index in [1.807, 2.05) is 0 Å². The summed E-state index contributed by atoms with van der Waals surface area (Å²) in [7, 11) is 0. The normalized spacial score (nSPS) is 12.5. The van der Waals surface area contributed by atoms with Crippen molar-refractivity contribution < 1.29 is 4.74 Å². The summed E-state index contributed by atoms with van der Waals surface area (Å²) in [6.45, 7) is 8.91. The van der Waals surface area contributed by atoms with Crippen LogP contribution in [0.2, 0.25) is 0 Å². The standard InChI is InChI=1S/C12H24O/c1-4-7-9-12(5-2)10-8-11-13-6-3/h6,12H,3-5,7-11H2,1-2H3. The lowest BCUT2D eigenvalue weighted by atomic mass is 9.94. The van der Waals surface area contributed by atoms with Crippen molar-refractivity contribution in [2.45, 2.75) is 52.4 Å². The Hall–Kier alpha value is -0.460. The van der Waals surface area contributed by atoms with Gasteiger partial charge in [0, 0.05) is 0 Å². The van der Waals surface area contributed by atoms with Crippen LogP contribution in [-0.4, -0.2) is 6.61 Å². The van der Waals surface area contributed by atoms with Crippen LogP contribution in [0.3, 0.4) is 0 Å². The van der Waals surface area contributed by atoms with E-state index in [-0.39, 0.29) is 0 Å². The number of ether oxygens (including phenoxy) is 1. The molecule has 0 bridgehead atoms. The molecule has 0 saturated heterocycles. The lowest BCUT2D eigenvalue weighted by molar-refractivity contribution is 0.231. The fourth-order valence-electron chi connectivity index (χ4n) is 1.58. The minimum Gasteiger partial charge on any atom is -0.502 e. The first kappa shape index (κ1) is 12.5. The fourth-order valence-corrected chi connectivity index (χ4v) is 1.58. The van der Waals surface area contributed by atoms with Crippen molar-refractivity contribution in [2.75, 3.05) is 6.61 Å². The molecular weight excluding hydrogens is 160 g/mol. The van der Waals surface area contributed by atoms with Crippen LogP contribution < -0.4 is 0 Å². The topological polar surface area (TPSA) is 9.23 Å². The molecule has 0 aromatic carbocycles. The van der Waals surface area contributed by atoms with E-state index in [2.05, 4.69) is 20.4 Å². The molecular formula is C12H24O. The van der Waals surface area contributed by atoms with Crippen LogP contribution >= 0.6 is 0 Å². The fraction of sp³-hybridized carbons (Fsp3) is 0.833. The van der Waals surface area contributed by atoms with Gasteiger partial charge in [0.2, 0.25) is 0 Å². The molecule has 13 heavy (non-hydrogen) atoms. The van der Waals surface area contributed by atoms with Crippen molar-refractivity contribution >= 4 is 0 Å². The molecule has 78 valence electrons. The molecule has 0 aromatic rings. The Labute approximate surface area is 83.2 Å². The van der Waals surface area contributed by atoms with Gasteiger partial charge >= 0.3 is 0 Å². The van der Waals surface area contributed by atoms with Crippen LogP contribution in [-0.2, 0) is 4.74 Å². The zero-order chi connectivity index (χ0) is 9.94. The van der Waals surface area contributed by atoms with Gasteiger partial charge in [0.15, 0.2) is 0 Å². The Morgan fingerprint density at radius 2 is 1.92 bits per heavy atom. The second kappa shape index (κ2) is 9.63. The summed E-state index contributed by atoms with van der Waals surface area (Å²) in [5, 5.41) is 0. The molecule has 0 N–H and O–H groups in total. The van der Waals surface area contributed by atoms with Crippen LogP contribution in [0.4, 0.5) is 0 Å². The molecule has 0 aromatic heterocycles. The molecule has 1 unspecified atom stereocenters. The molecule has 0 aliphatic rings. The number of unbranched alkanes of at least 4 members (excludes halogenated alkanes) is 1. The van der Waals surface area contributed by atoms with Crippen molar-refractivity contribution in [2.24, 2.45) is 5.92 Å². The first-order chi connectivity index (χ1) is 6.35. The van der Waals surface area contributed by atoms with Gasteiger partial charge in [-0.1, -0.05) is 46.1 Å². The van der Waals surface area contributed by atoms with Gasteiger partial charge in [-0.3, -0.25) is 0 Å².